The standard InChI is InChI=1S/C26H30N2O6.C20H21NO3/c1-3-9-22(24(30)25(31)27-15-23(29)33-14-4-2)28-26(32)34-16-21-19-12-7-5-10-17(19)18-11-6-8-13-20(18)21;1-2-7-14(12-22)21-20(23)24-13-19-17-10-5-3-8-15(17)16-9-4-6-11-18(16)19/h4-8,10-13,21-22,24,30H,2-3,9,14-16H2,1H3,(H,27,31)(H,28,32);3-6,8-12,14,19H,2,7,13H2,1H3,(H,21,23)/t22-,24?;14-/m00/s1. The van der Waals surface area contributed by atoms with E-state index in [9.17, 15) is 29.1 Å². The van der Waals surface area contributed by atoms with Crippen LogP contribution in [0.3, 0.4) is 0 Å². The SMILES string of the molecule is C=CCOC(=O)CNC(=O)C(O)[C@H](CCC)NC(=O)OCC1c2ccccc2-c2ccccc21.CCC[C@@H](C=O)NC(=O)OCC1c2ccccc2-c2ccccc21. The van der Waals surface area contributed by atoms with Gasteiger partial charge in [0.2, 0.25) is 0 Å². The first-order chi connectivity index (χ1) is 28.2. The highest BCUT2D eigenvalue weighted by atomic mass is 16.6. The van der Waals surface area contributed by atoms with E-state index in [0.717, 1.165) is 35.0 Å². The molecule has 2 aliphatic carbocycles. The van der Waals surface area contributed by atoms with E-state index >= 15 is 0 Å². The average molecular weight is 790 g/mol. The lowest BCUT2D eigenvalue weighted by Gasteiger charge is -2.23. The van der Waals surface area contributed by atoms with Crippen molar-refractivity contribution < 1.29 is 43.3 Å². The van der Waals surface area contributed by atoms with Crippen LogP contribution in [0.4, 0.5) is 9.59 Å². The zero-order valence-corrected chi connectivity index (χ0v) is 32.9. The largest absolute Gasteiger partial charge is 0.460 e. The molecule has 1 unspecified atom stereocenters. The molecule has 58 heavy (non-hydrogen) atoms. The van der Waals surface area contributed by atoms with Gasteiger partial charge in [-0.25, -0.2) is 9.59 Å². The van der Waals surface area contributed by atoms with Crippen molar-refractivity contribution in [2.45, 2.75) is 69.6 Å². The van der Waals surface area contributed by atoms with E-state index < -0.39 is 48.8 Å². The number of alkyl carbamates (subject to hydrolysis) is 2. The molecule has 6 rings (SSSR count). The third-order valence-corrected chi connectivity index (χ3v) is 10.1. The molecule has 3 atom stereocenters. The monoisotopic (exact) mass is 789 g/mol. The number of hydrogen-bond acceptors (Lipinski definition) is 9. The number of aliphatic hydroxyl groups is 1. The van der Waals surface area contributed by atoms with E-state index in [1.165, 1.54) is 28.3 Å². The van der Waals surface area contributed by atoms with Crippen molar-refractivity contribution in [2.24, 2.45) is 0 Å². The predicted molar refractivity (Wildman–Crippen MR) is 220 cm³/mol. The maximum absolute atomic E-state index is 12.6. The second kappa shape index (κ2) is 21.3. The summed E-state index contributed by atoms with van der Waals surface area (Å²) in [6, 6.07) is 31.0. The van der Waals surface area contributed by atoms with Crippen LogP contribution in [0, 0.1) is 0 Å². The number of hydrogen-bond donors (Lipinski definition) is 4. The van der Waals surface area contributed by atoms with E-state index in [1.807, 2.05) is 86.6 Å². The number of fused-ring (bicyclic) bond motifs is 6. The summed E-state index contributed by atoms with van der Waals surface area (Å²) in [5.74, 6) is -1.51. The van der Waals surface area contributed by atoms with Crippen LogP contribution in [0.2, 0.25) is 0 Å². The van der Waals surface area contributed by atoms with Crippen LogP contribution in [-0.2, 0) is 28.6 Å². The first-order valence-corrected chi connectivity index (χ1v) is 19.6. The van der Waals surface area contributed by atoms with Crippen LogP contribution < -0.4 is 16.0 Å². The Hall–Kier alpha value is -6.27. The van der Waals surface area contributed by atoms with Gasteiger partial charge in [-0.2, -0.15) is 0 Å². The minimum absolute atomic E-state index is 0.0268. The van der Waals surface area contributed by atoms with Crippen LogP contribution in [0.5, 0.6) is 0 Å². The lowest BCUT2D eigenvalue weighted by atomic mass is 9.98. The molecule has 0 bridgehead atoms. The highest BCUT2D eigenvalue weighted by Crippen LogP contribution is 2.45. The van der Waals surface area contributed by atoms with Gasteiger partial charge in [-0.05, 0) is 57.3 Å². The van der Waals surface area contributed by atoms with E-state index in [4.69, 9.17) is 14.2 Å². The molecule has 4 aromatic carbocycles. The highest BCUT2D eigenvalue weighted by Gasteiger charge is 2.32. The summed E-state index contributed by atoms with van der Waals surface area (Å²) in [6.07, 6.45) is 1.75. The summed E-state index contributed by atoms with van der Waals surface area (Å²) < 4.78 is 15.7. The van der Waals surface area contributed by atoms with Crippen LogP contribution in [0.25, 0.3) is 22.3 Å². The maximum atomic E-state index is 12.6. The van der Waals surface area contributed by atoms with Gasteiger partial charge in [0.1, 0.15) is 32.7 Å². The van der Waals surface area contributed by atoms with Gasteiger partial charge in [0.05, 0.1) is 12.1 Å². The molecule has 3 amide bonds. The Morgan fingerprint density at radius 3 is 1.52 bits per heavy atom. The number of aliphatic hydroxyl groups excluding tert-OH is 1. The highest BCUT2D eigenvalue weighted by molar-refractivity contribution is 5.86. The molecule has 0 fully saturated rings. The van der Waals surface area contributed by atoms with Crippen molar-refractivity contribution in [3.8, 4) is 22.3 Å². The second-order valence-electron chi connectivity index (χ2n) is 14.0. The average Bonchev–Trinajstić information content (AvgIpc) is 3.75. The molecule has 0 radical (unpaired) electrons. The van der Waals surface area contributed by atoms with Gasteiger partial charge >= 0.3 is 18.2 Å². The van der Waals surface area contributed by atoms with Crippen LogP contribution >= 0.6 is 0 Å². The third-order valence-electron chi connectivity index (χ3n) is 10.1. The fourth-order valence-electron chi connectivity index (χ4n) is 7.34. The predicted octanol–water partition coefficient (Wildman–Crippen LogP) is 6.79. The number of carbonyl (C=O) groups is 5. The van der Waals surface area contributed by atoms with Gasteiger partial charge in [0.25, 0.3) is 5.91 Å². The summed E-state index contributed by atoms with van der Waals surface area (Å²) in [5.41, 5.74) is 9.15. The van der Waals surface area contributed by atoms with Gasteiger partial charge in [-0.1, -0.05) is 136 Å². The van der Waals surface area contributed by atoms with Crippen molar-refractivity contribution in [3.05, 3.63) is 132 Å². The number of nitrogens with one attached hydrogen (secondary N) is 3. The summed E-state index contributed by atoms with van der Waals surface area (Å²) in [6.45, 7) is 7.28. The molecule has 0 saturated carbocycles. The molecule has 304 valence electrons. The molecular weight excluding hydrogens is 739 g/mol. The van der Waals surface area contributed by atoms with Gasteiger partial charge in [0.15, 0.2) is 6.10 Å². The molecule has 4 aromatic rings. The summed E-state index contributed by atoms with van der Waals surface area (Å²) in [5, 5.41) is 17.9. The molecule has 12 nitrogen and oxygen atoms in total. The number of aldehydes is 1. The summed E-state index contributed by atoms with van der Waals surface area (Å²) >= 11 is 0. The Balaban J connectivity index is 0.000000234. The molecule has 0 saturated heterocycles. The van der Waals surface area contributed by atoms with Crippen molar-refractivity contribution in [1.82, 2.24) is 16.0 Å². The molecule has 12 heteroatoms. The number of ether oxygens (including phenoxy) is 3. The molecule has 4 N–H and O–H groups in total. The summed E-state index contributed by atoms with van der Waals surface area (Å²) in [4.78, 5) is 59.3. The second-order valence-corrected chi connectivity index (χ2v) is 14.0. The maximum Gasteiger partial charge on any atom is 0.407 e. The van der Waals surface area contributed by atoms with Gasteiger partial charge < -0.3 is 40.1 Å². The van der Waals surface area contributed by atoms with E-state index in [1.54, 1.807) is 0 Å². The first-order valence-electron chi connectivity index (χ1n) is 19.6. The van der Waals surface area contributed by atoms with E-state index in [2.05, 4.69) is 46.8 Å². The Labute approximate surface area is 339 Å². The van der Waals surface area contributed by atoms with Crippen molar-refractivity contribution >= 4 is 30.3 Å². The number of carbonyl (C=O) groups excluding carboxylic acids is 5. The quantitative estimate of drug-likeness (QED) is 0.0390. The fraction of sp³-hybridized carbons (Fsp3) is 0.326. The van der Waals surface area contributed by atoms with E-state index in [0.29, 0.717) is 19.3 Å². The molecule has 0 aliphatic heterocycles. The van der Waals surface area contributed by atoms with Crippen LogP contribution in [-0.4, -0.2) is 80.0 Å². The Kier molecular flexibility index (Phi) is 15.7. The summed E-state index contributed by atoms with van der Waals surface area (Å²) in [7, 11) is 0. The minimum atomic E-state index is -1.55. The first kappa shape index (κ1) is 42.9. The van der Waals surface area contributed by atoms with Gasteiger partial charge in [0, 0.05) is 11.8 Å². The Bertz CT molecular complexity index is 1980. The van der Waals surface area contributed by atoms with Crippen molar-refractivity contribution in [3.63, 3.8) is 0 Å². The zero-order chi connectivity index (χ0) is 41.4. The Morgan fingerprint density at radius 1 is 0.672 bits per heavy atom. The number of rotatable bonds is 17. The smallest absolute Gasteiger partial charge is 0.407 e. The van der Waals surface area contributed by atoms with Crippen LogP contribution in [0.15, 0.2) is 110 Å². The lowest BCUT2D eigenvalue weighted by molar-refractivity contribution is -0.144. The van der Waals surface area contributed by atoms with Gasteiger partial charge in [-0.15, -0.1) is 0 Å². The number of esters is 1. The van der Waals surface area contributed by atoms with Gasteiger partial charge in [-0.3, -0.25) is 9.59 Å². The van der Waals surface area contributed by atoms with Crippen molar-refractivity contribution in [2.75, 3.05) is 26.4 Å². The number of amides is 3. The molecule has 0 heterocycles. The fourth-order valence-corrected chi connectivity index (χ4v) is 7.34. The molecule has 2 aliphatic rings. The normalized spacial score (nSPS) is 13.7. The molecular formula is C46H51N3O9. The van der Waals surface area contributed by atoms with Crippen molar-refractivity contribution in [1.29, 1.82) is 0 Å². The molecule has 0 aromatic heterocycles. The minimum Gasteiger partial charge on any atom is -0.460 e. The third kappa shape index (κ3) is 10.8. The number of benzene rings is 4. The Morgan fingerprint density at radius 2 is 1.10 bits per heavy atom. The van der Waals surface area contributed by atoms with E-state index in [-0.39, 0.29) is 31.7 Å². The van der Waals surface area contributed by atoms with Crippen LogP contribution in [0.1, 0.15) is 73.6 Å². The zero-order valence-electron chi connectivity index (χ0n) is 32.9. The topological polar surface area (TPSA) is 169 Å². The lowest BCUT2D eigenvalue weighted by Crippen LogP contribution is -2.51. The molecule has 0 spiro atoms.